The molecule has 4 amide bonds. The van der Waals surface area contributed by atoms with Crippen molar-refractivity contribution in [3.63, 3.8) is 0 Å². The summed E-state index contributed by atoms with van der Waals surface area (Å²) in [6.45, 7) is 13.6. The number of anilines is 3. The Morgan fingerprint density at radius 3 is 2.32 bits per heavy atom. The Morgan fingerprint density at radius 2 is 1.62 bits per heavy atom. The average Bonchev–Trinajstić information content (AvgIpc) is 3.73. The van der Waals surface area contributed by atoms with Crippen LogP contribution in [0.25, 0.3) is 33.4 Å². The minimum absolute atomic E-state index is 0.0367. The van der Waals surface area contributed by atoms with E-state index >= 15 is 0 Å². The number of H-pyrrole nitrogens is 1. The first-order valence-corrected chi connectivity index (χ1v) is 22.8. The Hall–Kier alpha value is -6.65. The summed E-state index contributed by atoms with van der Waals surface area (Å²) in [5.74, 6) is 0.306. The molecule has 1 aliphatic carbocycles. The van der Waals surface area contributed by atoms with Crippen molar-refractivity contribution in [1.29, 1.82) is 0 Å². The largest absolute Gasteiger partial charge is 0.395 e. The van der Waals surface area contributed by atoms with Crippen molar-refractivity contribution < 1.29 is 24.0 Å². The van der Waals surface area contributed by atoms with E-state index in [0.29, 0.717) is 30.4 Å². The van der Waals surface area contributed by atoms with E-state index in [0.717, 1.165) is 122 Å². The number of benzene rings is 3. The summed E-state index contributed by atoms with van der Waals surface area (Å²) >= 11 is 0. The van der Waals surface area contributed by atoms with Crippen molar-refractivity contribution in [3.8, 4) is 22.4 Å². The molecule has 1 atom stereocenters. The molecule has 3 aromatic heterocycles. The van der Waals surface area contributed by atoms with E-state index in [1.54, 1.807) is 4.90 Å². The number of imide groups is 1. The lowest BCUT2D eigenvalue weighted by molar-refractivity contribution is -0.120. The molecule has 0 unspecified atom stereocenters. The van der Waals surface area contributed by atoms with Gasteiger partial charge in [-0.05, 0) is 117 Å². The Balaban J connectivity index is 0.716. The monoisotopic (exact) mass is 877 g/mol. The highest BCUT2D eigenvalue weighted by molar-refractivity contribution is 6.06. The molecule has 4 fully saturated rings. The Bertz CT molecular complexity index is 2750. The Labute approximate surface area is 377 Å². The maximum atomic E-state index is 13.0. The zero-order chi connectivity index (χ0) is 44.8. The molecule has 0 bridgehead atoms. The first-order chi connectivity index (χ1) is 31.5. The van der Waals surface area contributed by atoms with Gasteiger partial charge in [0.15, 0.2) is 5.65 Å². The summed E-state index contributed by atoms with van der Waals surface area (Å²) in [5.41, 5.74) is 10.4. The zero-order valence-electron chi connectivity index (χ0n) is 37.1. The third kappa shape index (κ3) is 8.55. The SMILES string of the molecule is Cc1cc(-c2n[nH]c3ncc(-c4ccc(N5CCN(CC6CCN(c7ccc(N8CCC(=O)NC8=O)c(C)c7)CC6)CC5)cc4)cc23)ccc1[C@@H](C)NC(=O)c1noc(C2(CO)CC2)n1. The van der Waals surface area contributed by atoms with Crippen LogP contribution in [0.4, 0.5) is 21.9 Å². The van der Waals surface area contributed by atoms with E-state index in [9.17, 15) is 19.5 Å². The van der Waals surface area contributed by atoms with Crippen LogP contribution in [0.5, 0.6) is 0 Å². The van der Waals surface area contributed by atoms with Crippen molar-refractivity contribution in [2.45, 2.75) is 64.3 Å². The summed E-state index contributed by atoms with van der Waals surface area (Å²) in [7, 11) is 0. The number of aryl methyl sites for hydroxylation is 2. The number of pyridine rings is 1. The number of aliphatic hydroxyl groups is 1. The lowest BCUT2D eigenvalue weighted by Crippen LogP contribution is -2.49. The van der Waals surface area contributed by atoms with Gasteiger partial charge >= 0.3 is 6.03 Å². The number of nitrogens with one attached hydrogen (secondary N) is 3. The van der Waals surface area contributed by atoms with Crippen LogP contribution in [0.2, 0.25) is 0 Å². The molecule has 3 aromatic carbocycles. The quantitative estimate of drug-likeness (QED) is 0.108. The molecule has 6 aromatic rings. The molecule has 3 aliphatic heterocycles. The third-order valence-electron chi connectivity index (χ3n) is 14.0. The van der Waals surface area contributed by atoms with Crippen LogP contribution in [0.1, 0.15) is 78.3 Å². The third-order valence-corrected chi connectivity index (χ3v) is 14.0. The van der Waals surface area contributed by atoms with E-state index in [2.05, 4.69) is 94.2 Å². The normalized spacial score (nSPS) is 18.6. The van der Waals surface area contributed by atoms with Gasteiger partial charge in [0.05, 0.1) is 18.1 Å². The second-order valence-corrected chi connectivity index (χ2v) is 18.3. The maximum Gasteiger partial charge on any atom is 0.328 e. The summed E-state index contributed by atoms with van der Waals surface area (Å²) in [5, 5.41) is 27.7. The number of hydrogen-bond acceptors (Lipinski definition) is 12. The van der Waals surface area contributed by atoms with Crippen LogP contribution in [-0.2, 0) is 10.2 Å². The van der Waals surface area contributed by atoms with Gasteiger partial charge in [-0.3, -0.25) is 29.8 Å². The van der Waals surface area contributed by atoms with E-state index < -0.39 is 11.3 Å². The number of amides is 4. The topological polar surface area (TPSA) is 189 Å². The first-order valence-electron chi connectivity index (χ1n) is 22.8. The maximum absolute atomic E-state index is 13.0. The predicted molar refractivity (Wildman–Crippen MR) is 248 cm³/mol. The van der Waals surface area contributed by atoms with Crippen molar-refractivity contribution in [3.05, 3.63) is 101 Å². The molecule has 4 aliphatic rings. The fourth-order valence-corrected chi connectivity index (χ4v) is 9.78. The van der Waals surface area contributed by atoms with Gasteiger partial charge in [-0.15, -0.1) is 0 Å². The number of carbonyl (C=O) groups is 3. The van der Waals surface area contributed by atoms with Gasteiger partial charge in [0.25, 0.3) is 11.7 Å². The number of fused-ring (bicyclic) bond motifs is 1. The molecule has 65 heavy (non-hydrogen) atoms. The summed E-state index contributed by atoms with van der Waals surface area (Å²) in [6.07, 6.45) is 6.06. The van der Waals surface area contributed by atoms with Crippen LogP contribution in [0.3, 0.4) is 0 Å². The Morgan fingerprint density at radius 1 is 0.877 bits per heavy atom. The van der Waals surface area contributed by atoms with Crippen molar-refractivity contribution in [1.82, 2.24) is 40.9 Å². The molecule has 3 saturated heterocycles. The minimum atomic E-state index is -0.499. The van der Waals surface area contributed by atoms with Gasteiger partial charge in [-0.25, -0.2) is 9.78 Å². The van der Waals surface area contributed by atoms with Crippen LogP contribution in [-0.4, -0.2) is 112 Å². The number of urea groups is 1. The second kappa shape index (κ2) is 17.4. The molecule has 1 saturated carbocycles. The summed E-state index contributed by atoms with van der Waals surface area (Å²) in [6, 6.07) is 22.7. The molecule has 4 N–H and O–H groups in total. The first kappa shape index (κ1) is 42.3. The van der Waals surface area contributed by atoms with Gasteiger partial charge in [-0.2, -0.15) is 10.1 Å². The van der Waals surface area contributed by atoms with Crippen molar-refractivity contribution >= 4 is 45.9 Å². The van der Waals surface area contributed by atoms with Crippen LogP contribution >= 0.6 is 0 Å². The highest BCUT2D eigenvalue weighted by Gasteiger charge is 2.49. The smallest absolute Gasteiger partial charge is 0.328 e. The van der Waals surface area contributed by atoms with Crippen molar-refractivity contribution in [2.24, 2.45) is 5.92 Å². The minimum Gasteiger partial charge on any atom is -0.395 e. The predicted octanol–water partition coefficient (Wildman–Crippen LogP) is 6.29. The molecule has 0 radical (unpaired) electrons. The molecule has 6 heterocycles. The number of aromatic amines is 1. The zero-order valence-corrected chi connectivity index (χ0v) is 37.1. The standard InChI is InChI=1S/C49H55N11O5/c1-30-24-35(6-10-39(30)32(3)51-46(63)45-53-47(65-56-45)49(29-61)15-16-49)43-40-26-36(27-50-44(40)55-54-43)34-4-7-37(8-5-34)59-22-20-57(21-23-59)28-33-12-17-58(18-13-33)38-9-11-41(31(2)25-38)60-19-14-42(62)52-48(60)64/h4-11,24-27,32-33,61H,12-23,28-29H2,1-3H3,(H,51,63)(H,50,54,55)(H,52,62,64)/t32-/m1/s1. The number of hydrogen-bond donors (Lipinski definition) is 4. The van der Waals surface area contributed by atoms with Crippen LogP contribution in [0, 0.1) is 19.8 Å². The number of rotatable bonds is 12. The molecule has 16 heteroatoms. The van der Waals surface area contributed by atoms with Gasteiger partial charge in [0.2, 0.25) is 11.8 Å². The number of nitrogens with zero attached hydrogens (tertiary/aromatic N) is 8. The van der Waals surface area contributed by atoms with Gasteiger partial charge in [0, 0.05) is 98.6 Å². The van der Waals surface area contributed by atoms with Gasteiger partial charge < -0.3 is 24.7 Å². The van der Waals surface area contributed by atoms with Crippen LogP contribution in [0.15, 0.2) is 77.4 Å². The molecule has 336 valence electrons. The molecular formula is C49H55N11O5. The fraction of sp³-hybridized carbons (Fsp3) is 0.408. The van der Waals surface area contributed by atoms with Crippen molar-refractivity contribution in [2.75, 3.05) is 73.7 Å². The lowest BCUT2D eigenvalue weighted by atomic mass is 9.95. The number of piperazine rings is 1. The van der Waals surface area contributed by atoms with E-state index in [4.69, 9.17) is 9.51 Å². The number of piperidine rings is 1. The molecule has 16 nitrogen and oxygen atoms in total. The highest BCUT2D eigenvalue weighted by atomic mass is 16.5. The summed E-state index contributed by atoms with van der Waals surface area (Å²) in [4.78, 5) is 55.3. The van der Waals surface area contributed by atoms with Gasteiger partial charge in [0.1, 0.15) is 5.69 Å². The average molecular weight is 878 g/mol. The lowest BCUT2D eigenvalue weighted by Gasteiger charge is -2.40. The molecule has 0 spiro atoms. The van der Waals surface area contributed by atoms with E-state index in [-0.39, 0.29) is 30.4 Å². The molecular weight excluding hydrogens is 823 g/mol. The second-order valence-electron chi connectivity index (χ2n) is 18.3. The highest BCUT2D eigenvalue weighted by Crippen LogP contribution is 2.46. The number of carbonyl (C=O) groups excluding carboxylic acids is 3. The number of aromatic nitrogens is 5. The Kier molecular flexibility index (Phi) is 11.3. The fourth-order valence-electron chi connectivity index (χ4n) is 9.78. The summed E-state index contributed by atoms with van der Waals surface area (Å²) < 4.78 is 5.31. The number of aliphatic hydroxyl groups excluding tert-OH is 1. The molecule has 10 rings (SSSR count). The van der Waals surface area contributed by atoms with Gasteiger partial charge in [-0.1, -0.05) is 29.4 Å². The van der Waals surface area contributed by atoms with E-state index in [1.165, 1.54) is 11.4 Å². The van der Waals surface area contributed by atoms with Crippen LogP contribution < -0.4 is 25.3 Å². The van der Waals surface area contributed by atoms with E-state index in [1.807, 2.05) is 45.2 Å².